The van der Waals surface area contributed by atoms with Crippen molar-refractivity contribution in [1.82, 2.24) is 14.9 Å². The van der Waals surface area contributed by atoms with Gasteiger partial charge >= 0.3 is 0 Å². The lowest BCUT2D eigenvalue weighted by Gasteiger charge is -2.14. The van der Waals surface area contributed by atoms with Crippen LogP contribution < -0.4 is 5.32 Å². The average Bonchev–Trinajstić information content (AvgIpc) is 2.95. The number of hydrogen-bond donors (Lipinski definition) is 1. The molecule has 0 aliphatic rings. The fourth-order valence-electron chi connectivity index (χ4n) is 1.85. The van der Waals surface area contributed by atoms with E-state index in [0.29, 0.717) is 4.88 Å². The molecule has 0 aliphatic carbocycles. The fourth-order valence-corrected chi connectivity index (χ4v) is 2.91. The Bertz CT molecular complexity index is 580. The van der Waals surface area contributed by atoms with Crippen LogP contribution in [0.5, 0.6) is 0 Å². The van der Waals surface area contributed by atoms with Crippen LogP contribution in [0.15, 0.2) is 29.2 Å². The van der Waals surface area contributed by atoms with Gasteiger partial charge in [-0.25, -0.2) is 0 Å². The van der Waals surface area contributed by atoms with Gasteiger partial charge < -0.3 is 5.32 Å². The quantitative estimate of drug-likeness (QED) is 0.861. The maximum atomic E-state index is 12.2. The van der Waals surface area contributed by atoms with E-state index in [1.807, 2.05) is 32.2 Å². The highest BCUT2D eigenvalue weighted by molar-refractivity contribution is 7.98. The van der Waals surface area contributed by atoms with Crippen molar-refractivity contribution in [2.75, 3.05) is 6.26 Å². The van der Waals surface area contributed by atoms with Crippen LogP contribution in [0.2, 0.25) is 0 Å². The standard InChI is InChI=1S/C14H17N3OS2/c1-4-12-13(20-17-16-12)14(18)15-9(2)10-5-7-11(19-3)8-6-10/h5-9H,4H2,1-3H3,(H,15,18). The van der Waals surface area contributed by atoms with E-state index in [1.165, 1.54) is 4.90 Å². The summed E-state index contributed by atoms with van der Waals surface area (Å²) in [6.07, 6.45) is 2.76. The molecule has 106 valence electrons. The molecule has 0 fully saturated rings. The number of amides is 1. The average molecular weight is 307 g/mol. The number of carbonyl (C=O) groups is 1. The van der Waals surface area contributed by atoms with Crippen molar-refractivity contribution in [2.24, 2.45) is 0 Å². The summed E-state index contributed by atoms with van der Waals surface area (Å²) in [5.74, 6) is -0.0988. The smallest absolute Gasteiger partial charge is 0.265 e. The van der Waals surface area contributed by atoms with Crippen LogP contribution in [0.25, 0.3) is 0 Å². The Morgan fingerprint density at radius 2 is 2.10 bits per heavy atom. The summed E-state index contributed by atoms with van der Waals surface area (Å²) in [6, 6.07) is 8.18. The Morgan fingerprint density at radius 1 is 1.40 bits per heavy atom. The summed E-state index contributed by atoms with van der Waals surface area (Å²) in [7, 11) is 0. The number of rotatable bonds is 5. The predicted molar refractivity (Wildman–Crippen MR) is 83.4 cm³/mol. The fraction of sp³-hybridized carbons (Fsp3) is 0.357. The zero-order valence-corrected chi connectivity index (χ0v) is 13.3. The molecule has 0 radical (unpaired) electrons. The molecule has 1 aromatic carbocycles. The van der Waals surface area contributed by atoms with Crippen LogP contribution >= 0.6 is 23.3 Å². The highest BCUT2D eigenvalue weighted by Gasteiger charge is 2.17. The molecule has 1 unspecified atom stereocenters. The minimum atomic E-state index is -0.0988. The van der Waals surface area contributed by atoms with Crippen LogP contribution in [0.3, 0.4) is 0 Å². The highest BCUT2D eigenvalue weighted by Crippen LogP contribution is 2.20. The van der Waals surface area contributed by atoms with Crippen molar-refractivity contribution >= 4 is 29.2 Å². The molecular weight excluding hydrogens is 290 g/mol. The van der Waals surface area contributed by atoms with Crippen LogP contribution in [-0.2, 0) is 6.42 Å². The van der Waals surface area contributed by atoms with Gasteiger partial charge in [-0.15, -0.1) is 16.9 Å². The molecule has 1 atom stereocenters. The molecule has 1 N–H and O–H groups in total. The number of nitrogens with one attached hydrogen (secondary N) is 1. The lowest BCUT2D eigenvalue weighted by molar-refractivity contribution is 0.0943. The number of hydrogen-bond acceptors (Lipinski definition) is 5. The molecule has 1 heterocycles. The number of nitrogens with zero attached hydrogens (tertiary/aromatic N) is 2. The van der Waals surface area contributed by atoms with E-state index in [2.05, 4.69) is 27.0 Å². The van der Waals surface area contributed by atoms with E-state index in [0.717, 1.165) is 29.2 Å². The van der Waals surface area contributed by atoms with Crippen LogP contribution in [0, 0.1) is 0 Å². The molecule has 0 spiro atoms. The normalized spacial score (nSPS) is 12.2. The number of aromatic nitrogens is 2. The predicted octanol–water partition coefficient (Wildman–Crippen LogP) is 3.31. The van der Waals surface area contributed by atoms with E-state index in [9.17, 15) is 4.79 Å². The van der Waals surface area contributed by atoms with Gasteiger partial charge in [0.05, 0.1) is 11.7 Å². The van der Waals surface area contributed by atoms with Gasteiger partial charge in [0.15, 0.2) is 0 Å². The molecule has 2 aromatic rings. The van der Waals surface area contributed by atoms with Crippen molar-refractivity contribution in [3.63, 3.8) is 0 Å². The van der Waals surface area contributed by atoms with Crippen LogP contribution in [0.1, 0.15) is 40.8 Å². The molecule has 1 amide bonds. The molecule has 20 heavy (non-hydrogen) atoms. The third-order valence-electron chi connectivity index (χ3n) is 3.06. The Hall–Kier alpha value is -1.40. The highest BCUT2D eigenvalue weighted by atomic mass is 32.2. The van der Waals surface area contributed by atoms with Gasteiger partial charge in [-0.2, -0.15) is 0 Å². The van der Waals surface area contributed by atoms with Gasteiger partial charge in [0.1, 0.15) is 4.88 Å². The molecule has 0 bridgehead atoms. The number of thioether (sulfide) groups is 1. The zero-order chi connectivity index (χ0) is 14.5. The third-order valence-corrected chi connectivity index (χ3v) is 4.57. The Morgan fingerprint density at radius 3 is 2.70 bits per heavy atom. The first kappa shape index (κ1) is 15.0. The SMILES string of the molecule is CCc1nnsc1C(=O)NC(C)c1ccc(SC)cc1. The molecule has 4 nitrogen and oxygen atoms in total. The van der Waals surface area contributed by atoms with Crippen molar-refractivity contribution in [3.8, 4) is 0 Å². The van der Waals surface area contributed by atoms with Gasteiger partial charge in [0, 0.05) is 4.90 Å². The topological polar surface area (TPSA) is 54.9 Å². The molecule has 0 aliphatic heterocycles. The first-order chi connectivity index (χ1) is 9.65. The maximum Gasteiger partial charge on any atom is 0.265 e. The molecule has 0 saturated heterocycles. The van der Waals surface area contributed by atoms with Crippen LogP contribution in [-0.4, -0.2) is 21.7 Å². The van der Waals surface area contributed by atoms with Crippen molar-refractivity contribution in [2.45, 2.75) is 31.2 Å². The maximum absolute atomic E-state index is 12.2. The summed E-state index contributed by atoms with van der Waals surface area (Å²) in [5.41, 5.74) is 1.85. The molecule has 0 saturated carbocycles. The van der Waals surface area contributed by atoms with Crippen molar-refractivity contribution in [3.05, 3.63) is 40.4 Å². The van der Waals surface area contributed by atoms with Gasteiger partial charge in [-0.1, -0.05) is 23.5 Å². The Kier molecular flexibility index (Phi) is 5.14. The number of carbonyl (C=O) groups excluding carboxylic acids is 1. The monoisotopic (exact) mass is 307 g/mol. The zero-order valence-electron chi connectivity index (χ0n) is 11.7. The van der Waals surface area contributed by atoms with Gasteiger partial charge in [0.25, 0.3) is 5.91 Å². The van der Waals surface area contributed by atoms with Gasteiger partial charge in [0.2, 0.25) is 0 Å². The van der Waals surface area contributed by atoms with E-state index in [1.54, 1.807) is 11.8 Å². The second kappa shape index (κ2) is 6.85. The van der Waals surface area contributed by atoms with Crippen LogP contribution in [0.4, 0.5) is 0 Å². The first-order valence-electron chi connectivity index (χ1n) is 6.41. The van der Waals surface area contributed by atoms with Gasteiger partial charge in [-0.05, 0) is 48.8 Å². The Balaban J connectivity index is 2.06. The van der Waals surface area contributed by atoms with E-state index >= 15 is 0 Å². The van der Waals surface area contributed by atoms with Crippen molar-refractivity contribution < 1.29 is 4.79 Å². The van der Waals surface area contributed by atoms with E-state index in [4.69, 9.17) is 0 Å². The number of aryl methyl sites for hydroxylation is 1. The summed E-state index contributed by atoms with van der Waals surface area (Å²) < 4.78 is 3.84. The first-order valence-corrected chi connectivity index (χ1v) is 8.41. The molecule has 6 heteroatoms. The minimum absolute atomic E-state index is 0.0368. The summed E-state index contributed by atoms with van der Waals surface area (Å²) in [6.45, 7) is 3.95. The summed E-state index contributed by atoms with van der Waals surface area (Å²) in [5, 5.41) is 6.96. The third kappa shape index (κ3) is 3.37. The minimum Gasteiger partial charge on any atom is -0.345 e. The summed E-state index contributed by atoms with van der Waals surface area (Å²) >= 11 is 2.85. The lowest BCUT2D eigenvalue weighted by Crippen LogP contribution is -2.26. The second-order valence-corrected chi connectivity index (χ2v) is 6.00. The van der Waals surface area contributed by atoms with E-state index < -0.39 is 0 Å². The van der Waals surface area contributed by atoms with Crippen molar-refractivity contribution in [1.29, 1.82) is 0 Å². The van der Waals surface area contributed by atoms with Gasteiger partial charge in [-0.3, -0.25) is 4.79 Å². The Labute approximate surface area is 127 Å². The summed E-state index contributed by atoms with van der Waals surface area (Å²) in [4.78, 5) is 14.0. The second-order valence-electron chi connectivity index (χ2n) is 4.37. The van der Waals surface area contributed by atoms with E-state index in [-0.39, 0.29) is 11.9 Å². The molecule has 1 aromatic heterocycles. The number of benzene rings is 1. The molecule has 2 rings (SSSR count). The molecular formula is C14H17N3OS2. The lowest BCUT2D eigenvalue weighted by atomic mass is 10.1. The largest absolute Gasteiger partial charge is 0.345 e.